The van der Waals surface area contributed by atoms with Gasteiger partial charge >= 0.3 is 6.36 Å². The van der Waals surface area contributed by atoms with Gasteiger partial charge in [0.1, 0.15) is 5.75 Å². The predicted molar refractivity (Wildman–Crippen MR) is 92.7 cm³/mol. The fourth-order valence-corrected chi connectivity index (χ4v) is 2.81. The maximum Gasteiger partial charge on any atom is 0.573 e. The number of anilines is 1. The first-order chi connectivity index (χ1) is 13.0. The number of ether oxygens (including phenoxy) is 1. The molecule has 3 aromatic heterocycles. The molecule has 4 aromatic rings. The molecule has 0 fully saturated rings. The molecule has 10 heteroatoms. The summed E-state index contributed by atoms with van der Waals surface area (Å²) in [6.45, 7) is 0. The van der Waals surface area contributed by atoms with Gasteiger partial charge in [0, 0.05) is 18.8 Å². The number of alkyl halides is 3. The summed E-state index contributed by atoms with van der Waals surface area (Å²) in [4.78, 5) is 11.5. The summed E-state index contributed by atoms with van der Waals surface area (Å²) in [5.74, 6) is 0.279. The van der Waals surface area contributed by atoms with Gasteiger partial charge in [-0.05, 0) is 30.3 Å². The zero-order valence-corrected chi connectivity index (χ0v) is 13.9. The Labute approximate surface area is 150 Å². The van der Waals surface area contributed by atoms with Crippen molar-refractivity contribution >= 4 is 16.9 Å². The van der Waals surface area contributed by atoms with Crippen molar-refractivity contribution in [3.63, 3.8) is 0 Å². The smallest absolute Gasteiger partial charge is 0.406 e. The number of hydrogen-bond acceptors (Lipinski definition) is 5. The SMILES string of the molecule is CNc1nn(-c2ccc(OC(F)(F)F)cc2)c2nccc(-c3cnc[nH]3)c12. The highest BCUT2D eigenvalue weighted by Gasteiger charge is 2.31. The topological polar surface area (TPSA) is 80.7 Å². The lowest BCUT2D eigenvalue weighted by Crippen LogP contribution is -2.17. The van der Waals surface area contributed by atoms with Crippen LogP contribution in [0, 0.1) is 0 Å². The molecule has 0 amide bonds. The Kier molecular flexibility index (Phi) is 3.94. The van der Waals surface area contributed by atoms with Crippen LogP contribution in [0.5, 0.6) is 5.75 Å². The van der Waals surface area contributed by atoms with Crippen LogP contribution >= 0.6 is 0 Å². The van der Waals surface area contributed by atoms with Crippen LogP contribution in [0.1, 0.15) is 0 Å². The second kappa shape index (κ2) is 6.31. The largest absolute Gasteiger partial charge is 0.573 e. The monoisotopic (exact) mass is 374 g/mol. The molecule has 4 rings (SSSR count). The van der Waals surface area contributed by atoms with Gasteiger partial charge in [0.05, 0.1) is 29.3 Å². The van der Waals surface area contributed by atoms with Crippen molar-refractivity contribution in [1.29, 1.82) is 0 Å². The van der Waals surface area contributed by atoms with Gasteiger partial charge < -0.3 is 15.0 Å². The van der Waals surface area contributed by atoms with Crippen LogP contribution in [-0.4, -0.2) is 38.1 Å². The molecule has 0 spiro atoms. The first kappa shape index (κ1) is 16.9. The van der Waals surface area contributed by atoms with E-state index in [-0.39, 0.29) is 5.75 Å². The Morgan fingerprint density at radius 3 is 2.56 bits per heavy atom. The summed E-state index contributed by atoms with van der Waals surface area (Å²) >= 11 is 0. The highest BCUT2D eigenvalue weighted by molar-refractivity contribution is 6.00. The van der Waals surface area contributed by atoms with Crippen LogP contribution in [0.2, 0.25) is 0 Å². The van der Waals surface area contributed by atoms with Gasteiger partial charge in [0.2, 0.25) is 0 Å². The van der Waals surface area contributed by atoms with Crippen LogP contribution in [-0.2, 0) is 0 Å². The Hall–Kier alpha value is -3.56. The molecule has 0 saturated heterocycles. The van der Waals surface area contributed by atoms with E-state index in [0.717, 1.165) is 16.6 Å². The standard InChI is InChI=1S/C17H13F3N6O/c1-21-15-14-12(13-8-22-9-24-13)6-7-23-16(14)26(25-15)10-2-4-11(5-3-10)27-17(18,19)20/h2-9H,1H3,(H,21,25)(H,22,24). The van der Waals surface area contributed by atoms with E-state index in [1.165, 1.54) is 24.3 Å². The number of H-pyrrole nitrogens is 1. The Balaban J connectivity index is 1.82. The first-order valence-electron chi connectivity index (χ1n) is 7.86. The van der Waals surface area contributed by atoms with Crippen LogP contribution < -0.4 is 10.1 Å². The molecular formula is C17H13F3N6O. The lowest BCUT2D eigenvalue weighted by Gasteiger charge is -2.09. The molecule has 0 unspecified atom stereocenters. The molecule has 0 atom stereocenters. The molecule has 0 radical (unpaired) electrons. The van der Waals surface area contributed by atoms with E-state index < -0.39 is 6.36 Å². The Morgan fingerprint density at radius 2 is 1.93 bits per heavy atom. The Morgan fingerprint density at radius 1 is 1.15 bits per heavy atom. The lowest BCUT2D eigenvalue weighted by molar-refractivity contribution is -0.274. The van der Waals surface area contributed by atoms with Crippen LogP contribution in [0.3, 0.4) is 0 Å². The summed E-state index contributed by atoms with van der Waals surface area (Å²) in [6, 6.07) is 7.26. The molecule has 0 aliphatic carbocycles. The van der Waals surface area contributed by atoms with Gasteiger partial charge in [0.25, 0.3) is 0 Å². The van der Waals surface area contributed by atoms with Gasteiger partial charge in [-0.15, -0.1) is 18.3 Å². The van der Waals surface area contributed by atoms with Crippen molar-refractivity contribution in [2.45, 2.75) is 6.36 Å². The number of pyridine rings is 1. The number of aromatic amines is 1. The van der Waals surface area contributed by atoms with Crippen LogP contribution in [0.25, 0.3) is 28.0 Å². The number of nitrogens with one attached hydrogen (secondary N) is 2. The minimum atomic E-state index is -4.74. The van der Waals surface area contributed by atoms with Crippen LogP contribution in [0.15, 0.2) is 49.1 Å². The third-order valence-corrected chi connectivity index (χ3v) is 3.91. The fourth-order valence-electron chi connectivity index (χ4n) is 2.81. The molecule has 0 aliphatic rings. The zero-order chi connectivity index (χ0) is 19.0. The molecule has 138 valence electrons. The summed E-state index contributed by atoms with van der Waals surface area (Å²) in [5.41, 5.74) is 2.75. The number of aromatic nitrogens is 5. The van der Waals surface area contributed by atoms with Crippen molar-refractivity contribution in [2.24, 2.45) is 0 Å². The molecule has 0 saturated carbocycles. The summed E-state index contributed by atoms with van der Waals surface area (Å²) in [6.07, 6.45) is 0.163. The van der Waals surface area contributed by atoms with Gasteiger partial charge in [-0.1, -0.05) is 0 Å². The van der Waals surface area contributed by atoms with E-state index in [2.05, 4.69) is 30.1 Å². The first-order valence-corrected chi connectivity index (χ1v) is 7.86. The number of fused-ring (bicyclic) bond motifs is 1. The quantitative estimate of drug-likeness (QED) is 0.569. The van der Waals surface area contributed by atoms with E-state index >= 15 is 0 Å². The van der Waals surface area contributed by atoms with E-state index in [9.17, 15) is 13.2 Å². The maximum absolute atomic E-state index is 12.3. The molecular weight excluding hydrogens is 361 g/mol. The molecule has 0 aliphatic heterocycles. The van der Waals surface area contributed by atoms with Crippen molar-refractivity contribution in [3.8, 4) is 22.7 Å². The maximum atomic E-state index is 12.3. The minimum Gasteiger partial charge on any atom is -0.406 e. The second-order valence-corrected chi connectivity index (χ2v) is 5.57. The molecule has 27 heavy (non-hydrogen) atoms. The molecule has 0 bridgehead atoms. The Bertz CT molecular complexity index is 1070. The van der Waals surface area contributed by atoms with Crippen molar-refractivity contribution in [1.82, 2.24) is 24.7 Å². The summed E-state index contributed by atoms with van der Waals surface area (Å²) in [5, 5.41) is 8.29. The molecule has 7 nitrogen and oxygen atoms in total. The number of nitrogens with zero attached hydrogens (tertiary/aromatic N) is 4. The van der Waals surface area contributed by atoms with E-state index in [1.54, 1.807) is 30.5 Å². The third kappa shape index (κ3) is 3.16. The van der Waals surface area contributed by atoms with E-state index in [4.69, 9.17) is 0 Å². The summed E-state index contributed by atoms with van der Waals surface area (Å²) in [7, 11) is 1.73. The highest BCUT2D eigenvalue weighted by Crippen LogP contribution is 2.33. The van der Waals surface area contributed by atoms with Gasteiger partial charge in [-0.3, -0.25) is 0 Å². The van der Waals surface area contributed by atoms with Gasteiger partial charge in [-0.2, -0.15) is 0 Å². The number of hydrogen-bond donors (Lipinski definition) is 2. The number of benzene rings is 1. The van der Waals surface area contributed by atoms with Gasteiger partial charge in [-0.25, -0.2) is 14.6 Å². The molecule has 1 aromatic carbocycles. The van der Waals surface area contributed by atoms with E-state index in [0.29, 0.717) is 17.2 Å². The number of halogens is 3. The average Bonchev–Trinajstić information content (AvgIpc) is 3.29. The fraction of sp³-hybridized carbons (Fsp3) is 0.118. The average molecular weight is 374 g/mol. The minimum absolute atomic E-state index is 0.303. The predicted octanol–water partition coefficient (Wildman–Crippen LogP) is 3.75. The van der Waals surface area contributed by atoms with Crippen molar-refractivity contribution in [2.75, 3.05) is 12.4 Å². The molecule has 3 heterocycles. The van der Waals surface area contributed by atoms with Crippen molar-refractivity contribution in [3.05, 3.63) is 49.1 Å². The summed E-state index contributed by atoms with van der Waals surface area (Å²) < 4.78 is 42.5. The third-order valence-electron chi connectivity index (χ3n) is 3.91. The highest BCUT2D eigenvalue weighted by atomic mass is 19.4. The van der Waals surface area contributed by atoms with Crippen LogP contribution in [0.4, 0.5) is 19.0 Å². The molecule has 2 N–H and O–H groups in total. The second-order valence-electron chi connectivity index (χ2n) is 5.57. The normalized spacial score (nSPS) is 11.7. The van der Waals surface area contributed by atoms with Gasteiger partial charge in [0.15, 0.2) is 11.5 Å². The van der Waals surface area contributed by atoms with E-state index in [1.807, 2.05) is 6.07 Å². The van der Waals surface area contributed by atoms with Crippen molar-refractivity contribution < 1.29 is 17.9 Å². The lowest BCUT2D eigenvalue weighted by atomic mass is 10.1. The number of rotatable bonds is 4. The zero-order valence-electron chi connectivity index (χ0n) is 13.9. The number of imidazole rings is 1.